The third kappa shape index (κ3) is 7.02. The average Bonchev–Trinajstić information content (AvgIpc) is 2.69. The molecule has 1 N–H and O–H groups in total. The highest BCUT2D eigenvalue weighted by atomic mass is 35.5. The number of carbonyl (C=O) groups excluding carboxylic acids is 1. The molecule has 0 spiro atoms. The summed E-state index contributed by atoms with van der Waals surface area (Å²) in [6, 6.07) is 8.35. The molecule has 0 unspecified atom stereocenters. The molecule has 1 atom stereocenters. The van der Waals surface area contributed by atoms with Gasteiger partial charge in [-0.2, -0.15) is 0 Å². The molecular formula is C23H27ClFNO6. The first-order chi connectivity index (χ1) is 14.9. The lowest BCUT2D eigenvalue weighted by Crippen LogP contribution is -2.41. The number of nitrogens with zero attached hydrogens (tertiary/aromatic N) is 1. The lowest BCUT2D eigenvalue weighted by Gasteiger charge is -2.32. The number of halogens is 2. The summed E-state index contributed by atoms with van der Waals surface area (Å²) in [5.41, 5.74) is -0.0982. The van der Waals surface area contributed by atoms with Crippen molar-refractivity contribution in [2.24, 2.45) is 0 Å². The zero-order chi connectivity index (χ0) is 24.1. The van der Waals surface area contributed by atoms with Crippen molar-refractivity contribution in [3.8, 4) is 11.5 Å². The molecule has 7 nitrogen and oxygen atoms in total. The van der Waals surface area contributed by atoms with Gasteiger partial charge in [-0.1, -0.05) is 11.6 Å². The first-order valence-corrected chi connectivity index (χ1v) is 10.2. The Bertz CT molecular complexity index is 958. The van der Waals surface area contributed by atoms with E-state index in [1.54, 1.807) is 59.1 Å². The van der Waals surface area contributed by atoms with Gasteiger partial charge in [0.1, 0.15) is 36.1 Å². The Morgan fingerprint density at radius 1 is 1.16 bits per heavy atom. The summed E-state index contributed by atoms with van der Waals surface area (Å²) in [6.45, 7) is 5.92. The highest BCUT2D eigenvalue weighted by molar-refractivity contribution is 6.31. The molecule has 0 aliphatic heterocycles. The number of ether oxygens (including phenoxy) is 3. The van der Waals surface area contributed by atoms with Crippen LogP contribution in [0.3, 0.4) is 0 Å². The van der Waals surface area contributed by atoms with Gasteiger partial charge in [0, 0.05) is 5.56 Å². The van der Waals surface area contributed by atoms with Crippen molar-refractivity contribution in [3.05, 3.63) is 58.4 Å². The highest BCUT2D eigenvalue weighted by Crippen LogP contribution is 2.32. The van der Waals surface area contributed by atoms with Gasteiger partial charge in [-0.25, -0.2) is 9.18 Å². The quantitative estimate of drug-likeness (QED) is 0.555. The summed E-state index contributed by atoms with van der Waals surface area (Å²) >= 11 is 6.30. The van der Waals surface area contributed by atoms with E-state index in [1.165, 1.54) is 6.07 Å². The van der Waals surface area contributed by atoms with Crippen molar-refractivity contribution in [2.75, 3.05) is 13.7 Å². The van der Waals surface area contributed by atoms with Crippen LogP contribution in [0.5, 0.6) is 11.5 Å². The molecule has 1 amide bonds. The molecule has 0 saturated heterocycles. The maximum absolute atomic E-state index is 14.2. The fourth-order valence-electron chi connectivity index (χ4n) is 2.97. The number of carboxylic acid groups (broad SMARTS) is 1. The van der Waals surface area contributed by atoms with E-state index in [9.17, 15) is 19.1 Å². The van der Waals surface area contributed by atoms with Crippen molar-refractivity contribution in [1.29, 1.82) is 0 Å². The molecular weight excluding hydrogens is 441 g/mol. The lowest BCUT2D eigenvalue weighted by atomic mass is 10.00. The fourth-order valence-corrected chi connectivity index (χ4v) is 3.24. The van der Waals surface area contributed by atoms with Gasteiger partial charge < -0.3 is 19.3 Å². The number of carbonyl (C=O) groups is 2. The summed E-state index contributed by atoms with van der Waals surface area (Å²) < 4.78 is 30.5. The summed E-state index contributed by atoms with van der Waals surface area (Å²) in [5.74, 6) is -0.668. The van der Waals surface area contributed by atoms with Crippen LogP contribution in [0.15, 0.2) is 36.4 Å². The molecule has 0 saturated carbocycles. The lowest BCUT2D eigenvalue weighted by molar-refractivity contribution is -0.138. The van der Waals surface area contributed by atoms with Crippen molar-refractivity contribution in [1.82, 2.24) is 4.90 Å². The van der Waals surface area contributed by atoms with Crippen LogP contribution >= 0.6 is 11.6 Å². The van der Waals surface area contributed by atoms with Crippen LogP contribution in [0, 0.1) is 5.82 Å². The molecule has 32 heavy (non-hydrogen) atoms. The van der Waals surface area contributed by atoms with E-state index in [2.05, 4.69) is 0 Å². The zero-order valence-corrected chi connectivity index (χ0v) is 19.4. The second-order valence-corrected chi connectivity index (χ2v) is 8.50. The van der Waals surface area contributed by atoms with Crippen molar-refractivity contribution in [3.63, 3.8) is 0 Å². The summed E-state index contributed by atoms with van der Waals surface area (Å²) in [4.78, 5) is 25.1. The second-order valence-electron chi connectivity index (χ2n) is 8.10. The maximum atomic E-state index is 14.2. The molecule has 0 bridgehead atoms. The second kappa shape index (κ2) is 10.5. The third-order valence-electron chi connectivity index (χ3n) is 4.49. The first kappa shape index (κ1) is 25.3. The molecule has 0 radical (unpaired) electrons. The minimum absolute atomic E-state index is 0.0274. The third-order valence-corrected chi connectivity index (χ3v) is 4.83. The van der Waals surface area contributed by atoms with Gasteiger partial charge in [0.2, 0.25) is 0 Å². The Balaban J connectivity index is 2.37. The molecule has 2 rings (SSSR count). The Hall–Kier alpha value is -3.00. The van der Waals surface area contributed by atoms with Crippen LogP contribution < -0.4 is 9.47 Å². The van der Waals surface area contributed by atoms with E-state index in [4.69, 9.17) is 25.8 Å². The van der Waals surface area contributed by atoms with E-state index in [0.29, 0.717) is 22.6 Å². The summed E-state index contributed by atoms with van der Waals surface area (Å²) in [7, 11) is 1.55. The van der Waals surface area contributed by atoms with Gasteiger partial charge in [0.05, 0.1) is 18.2 Å². The highest BCUT2D eigenvalue weighted by Gasteiger charge is 2.30. The zero-order valence-electron chi connectivity index (χ0n) is 18.6. The van der Waals surface area contributed by atoms with Crippen molar-refractivity contribution < 1.29 is 33.3 Å². The number of hydrogen-bond acceptors (Lipinski definition) is 5. The van der Waals surface area contributed by atoms with E-state index in [1.807, 2.05) is 0 Å². The van der Waals surface area contributed by atoms with Crippen LogP contribution in [0.4, 0.5) is 9.18 Å². The Labute approximate surface area is 191 Å². The average molecular weight is 468 g/mol. The predicted octanol–water partition coefficient (Wildman–Crippen LogP) is 5.45. The molecule has 2 aromatic carbocycles. The molecule has 174 valence electrons. The minimum Gasteiger partial charge on any atom is -0.497 e. The van der Waals surface area contributed by atoms with Crippen molar-refractivity contribution in [2.45, 2.75) is 45.9 Å². The molecule has 0 heterocycles. The van der Waals surface area contributed by atoms with Crippen LogP contribution in [-0.4, -0.2) is 41.3 Å². The van der Waals surface area contributed by atoms with Gasteiger partial charge in [-0.15, -0.1) is 0 Å². The predicted molar refractivity (Wildman–Crippen MR) is 118 cm³/mol. The van der Waals surface area contributed by atoms with Gasteiger partial charge in [-0.3, -0.25) is 9.69 Å². The van der Waals surface area contributed by atoms with Crippen LogP contribution in [0.1, 0.15) is 44.9 Å². The fraction of sp³-hybridized carbons (Fsp3) is 0.391. The van der Waals surface area contributed by atoms with Crippen LogP contribution in [-0.2, 0) is 16.1 Å². The number of amides is 1. The topological polar surface area (TPSA) is 85.3 Å². The van der Waals surface area contributed by atoms with Gasteiger partial charge in [0.15, 0.2) is 0 Å². The number of hydrogen-bond donors (Lipinski definition) is 1. The molecule has 9 heteroatoms. The van der Waals surface area contributed by atoms with Crippen LogP contribution in [0.25, 0.3) is 0 Å². The summed E-state index contributed by atoms with van der Waals surface area (Å²) in [5, 5.41) is 9.41. The Morgan fingerprint density at radius 3 is 2.28 bits per heavy atom. The number of aliphatic carboxylic acids is 1. The maximum Gasteiger partial charge on any atom is 0.411 e. The van der Waals surface area contributed by atoms with Gasteiger partial charge in [0.25, 0.3) is 0 Å². The molecule has 0 fully saturated rings. The molecule has 0 aromatic heterocycles. The van der Waals surface area contributed by atoms with E-state index in [0.717, 1.165) is 11.0 Å². The number of rotatable bonds is 8. The molecule has 2 aromatic rings. The SMILES string of the molecule is COc1ccc(OCc2c(Cl)cc(F)cc2[C@H](C)N(CC(=O)O)C(=O)OC(C)(C)C)cc1. The first-order valence-electron chi connectivity index (χ1n) is 9.87. The van der Waals surface area contributed by atoms with E-state index < -0.39 is 36.1 Å². The minimum atomic E-state index is -1.23. The number of benzene rings is 2. The molecule has 0 aliphatic rings. The van der Waals surface area contributed by atoms with Crippen molar-refractivity contribution >= 4 is 23.7 Å². The number of carboxylic acids is 1. The standard InChI is InChI=1S/C23H27ClFNO6/c1-14(26(12-21(27)28)22(29)32-23(2,3)4)18-10-15(25)11-20(24)19(18)13-31-17-8-6-16(30-5)7-9-17/h6-11,14H,12-13H2,1-5H3,(H,27,28)/t14-/m0/s1. The normalized spacial score (nSPS) is 12.1. The number of methoxy groups -OCH3 is 1. The van der Waals surface area contributed by atoms with Crippen LogP contribution in [0.2, 0.25) is 5.02 Å². The van der Waals surface area contributed by atoms with E-state index in [-0.39, 0.29) is 11.6 Å². The Kier molecular flexibility index (Phi) is 8.32. The Morgan fingerprint density at radius 2 is 1.75 bits per heavy atom. The van der Waals surface area contributed by atoms with Gasteiger partial charge >= 0.3 is 12.1 Å². The largest absolute Gasteiger partial charge is 0.497 e. The van der Waals surface area contributed by atoms with E-state index >= 15 is 0 Å². The summed E-state index contributed by atoms with van der Waals surface area (Å²) in [6.07, 6.45) is -0.838. The van der Waals surface area contributed by atoms with Gasteiger partial charge in [-0.05, 0) is 69.7 Å². The molecule has 0 aliphatic carbocycles. The monoisotopic (exact) mass is 467 g/mol. The smallest absolute Gasteiger partial charge is 0.411 e.